The quantitative estimate of drug-likeness (QED) is 0.447. The van der Waals surface area contributed by atoms with Crippen molar-refractivity contribution in [3.05, 3.63) is 75.4 Å². The van der Waals surface area contributed by atoms with Crippen molar-refractivity contribution in [1.82, 2.24) is 9.78 Å². The Balaban J connectivity index is 1.60. The molecule has 4 rings (SSSR count). The fraction of sp³-hybridized carbons (Fsp3) is 0.182. The molecule has 0 saturated carbocycles. The summed E-state index contributed by atoms with van der Waals surface area (Å²) in [7, 11) is 1.65. The van der Waals surface area contributed by atoms with Crippen LogP contribution in [-0.2, 0) is 6.54 Å². The third-order valence-electron chi connectivity index (χ3n) is 4.83. The van der Waals surface area contributed by atoms with Crippen molar-refractivity contribution < 1.29 is 9.53 Å². The number of benzene rings is 2. The standard InChI is InChI=1S/C22H20ClN3O2S/c1-13-20(14(2)26(25-13)12-15-7-6-8-16(11-15)28-3)24-22(27)21-19(23)17-9-4-5-10-18(17)29-21/h4-11H,12H2,1-3H3,(H,24,27). The van der Waals surface area contributed by atoms with Gasteiger partial charge in [-0.25, -0.2) is 0 Å². The van der Waals surface area contributed by atoms with Crippen LogP contribution in [0.4, 0.5) is 5.69 Å². The number of carbonyl (C=O) groups is 1. The van der Waals surface area contributed by atoms with E-state index in [0.29, 0.717) is 22.1 Å². The molecule has 0 aliphatic heterocycles. The molecule has 0 atom stereocenters. The smallest absolute Gasteiger partial charge is 0.267 e. The average Bonchev–Trinajstić information content (AvgIpc) is 3.20. The maximum Gasteiger partial charge on any atom is 0.267 e. The normalized spacial score (nSPS) is 11.0. The number of carbonyl (C=O) groups excluding carboxylic acids is 1. The first-order chi connectivity index (χ1) is 14.0. The number of nitrogens with zero attached hydrogens (tertiary/aromatic N) is 2. The summed E-state index contributed by atoms with van der Waals surface area (Å²) in [5, 5.41) is 8.99. The van der Waals surface area contributed by atoms with Gasteiger partial charge in [-0.15, -0.1) is 11.3 Å². The molecule has 0 radical (unpaired) electrons. The minimum atomic E-state index is -0.219. The van der Waals surface area contributed by atoms with E-state index < -0.39 is 0 Å². The van der Waals surface area contributed by atoms with Crippen LogP contribution in [0.2, 0.25) is 5.02 Å². The second kappa shape index (κ2) is 7.89. The first kappa shape index (κ1) is 19.5. The molecule has 148 valence electrons. The summed E-state index contributed by atoms with van der Waals surface area (Å²) in [5.41, 5.74) is 3.43. The second-order valence-electron chi connectivity index (χ2n) is 6.75. The Morgan fingerprint density at radius 1 is 1.21 bits per heavy atom. The van der Waals surface area contributed by atoms with Crippen LogP contribution in [0.5, 0.6) is 5.75 Å². The number of rotatable bonds is 5. The lowest BCUT2D eigenvalue weighted by molar-refractivity contribution is 0.103. The van der Waals surface area contributed by atoms with E-state index in [2.05, 4.69) is 10.4 Å². The van der Waals surface area contributed by atoms with E-state index in [0.717, 1.165) is 32.8 Å². The molecule has 1 amide bonds. The van der Waals surface area contributed by atoms with Gasteiger partial charge in [0.25, 0.3) is 5.91 Å². The van der Waals surface area contributed by atoms with Crippen molar-refractivity contribution >= 4 is 44.6 Å². The third kappa shape index (κ3) is 3.73. The summed E-state index contributed by atoms with van der Waals surface area (Å²) in [4.78, 5) is 13.4. The van der Waals surface area contributed by atoms with Crippen LogP contribution in [0.1, 0.15) is 26.6 Å². The SMILES string of the molecule is COc1cccc(Cn2nc(C)c(NC(=O)c3sc4ccccc4c3Cl)c2C)c1. The largest absolute Gasteiger partial charge is 0.497 e. The summed E-state index contributed by atoms with van der Waals surface area (Å²) in [6, 6.07) is 15.6. The summed E-state index contributed by atoms with van der Waals surface area (Å²) in [5.74, 6) is 0.584. The Morgan fingerprint density at radius 2 is 2.00 bits per heavy atom. The molecule has 0 aliphatic rings. The van der Waals surface area contributed by atoms with Crippen LogP contribution in [0.3, 0.4) is 0 Å². The van der Waals surface area contributed by atoms with Crippen molar-refractivity contribution in [1.29, 1.82) is 0 Å². The molecule has 0 spiro atoms. The van der Waals surface area contributed by atoms with Gasteiger partial charge in [0.15, 0.2) is 0 Å². The number of nitrogens with one attached hydrogen (secondary N) is 1. The van der Waals surface area contributed by atoms with Gasteiger partial charge in [-0.05, 0) is 37.6 Å². The number of hydrogen-bond donors (Lipinski definition) is 1. The fourth-order valence-electron chi connectivity index (χ4n) is 3.31. The molecule has 7 heteroatoms. The van der Waals surface area contributed by atoms with Gasteiger partial charge in [-0.2, -0.15) is 5.10 Å². The number of aromatic nitrogens is 2. The van der Waals surface area contributed by atoms with E-state index in [1.54, 1.807) is 7.11 Å². The summed E-state index contributed by atoms with van der Waals surface area (Å²) >= 11 is 7.85. The second-order valence-corrected chi connectivity index (χ2v) is 8.18. The number of methoxy groups -OCH3 is 1. The highest BCUT2D eigenvalue weighted by molar-refractivity contribution is 7.21. The van der Waals surface area contributed by atoms with Gasteiger partial charge in [0.1, 0.15) is 10.6 Å². The number of aryl methyl sites for hydroxylation is 1. The minimum Gasteiger partial charge on any atom is -0.497 e. The average molecular weight is 426 g/mol. The predicted molar refractivity (Wildman–Crippen MR) is 119 cm³/mol. The Kier molecular flexibility index (Phi) is 5.30. The number of halogens is 1. The van der Waals surface area contributed by atoms with E-state index in [9.17, 15) is 4.79 Å². The first-order valence-corrected chi connectivity index (χ1v) is 10.3. The topological polar surface area (TPSA) is 56.1 Å². The van der Waals surface area contributed by atoms with Crippen LogP contribution in [0, 0.1) is 13.8 Å². The number of amides is 1. The lowest BCUT2D eigenvalue weighted by atomic mass is 10.2. The van der Waals surface area contributed by atoms with Crippen LogP contribution in [-0.4, -0.2) is 22.8 Å². The molecule has 2 heterocycles. The number of thiophene rings is 1. The Hall–Kier alpha value is -2.83. The number of ether oxygens (including phenoxy) is 1. The third-order valence-corrected chi connectivity index (χ3v) is 6.50. The molecule has 0 fully saturated rings. The molecule has 2 aromatic carbocycles. The Morgan fingerprint density at radius 3 is 2.76 bits per heavy atom. The van der Waals surface area contributed by atoms with Crippen LogP contribution < -0.4 is 10.1 Å². The molecular weight excluding hydrogens is 406 g/mol. The molecule has 0 aliphatic carbocycles. The molecule has 29 heavy (non-hydrogen) atoms. The van der Waals surface area contributed by atoms with Crippen LogP contribution >= 0.6 is 22.9 Å². The van der Waals surface area contributed by atoms with E-state index in [-0.39, 0.29) is 5.91 Å². The van der Waals surface area contributed by atoms with Crippen molar-refractivity contribution in [2.75, 3.05) is 12.4 Å². The summed E-state index contributed by atoms with van der Waals surface area (Å²) in [6.45, 7) is 4.42. The van der Waals surface area contributed by atoms with Crippen LogP contribution in [0.25, 0.3) is 10.1 Å². The zero-order chi connectivity index (χ0) is 20.5. The van der Waals surface area contributed by atoms with Gasteiger partial charge in [0.05, 0.1) is 35.8 Å². The zero-order valence-electron chi connectivity index (χ0n) is 16.3. The molecule has 5 nitrogen and oxygen atoms in total. The maximum atomic E-state index is 12.9. The number of fused-ring (bicyclic) bond motifs is 1. The number of anilines is 1. The van der Waals surface area contributed by atoms with Crippen molar-refractivity contribution in [3.8, 4) is 5.75 Å². The zero-order valence-corrected chi connectivity index (χ0v) is 17.9. The van der Waals surface area contributed by atoms with Gasteiger partial charge in [-0.3, -0.25) is 9.48 Å². The maximum absolute atomic E-state index is 12.9. The van der Waals surface area contributed by atoms with Gasteiger partial charge in [0.2, 0.25) is 0 Å². The monoisotopic (exact) mass is 425 g/mol. The summed E-state index contributed by atoms with van der Waals surface area (Å²) in [6.07, 6.45) is 0. The molecular formula is C22H20ClN3O2S. The van der Waals surface area contributed by atoms with Crippen LogP contribution in [0.15, 0.2) is 48.5 Å². The van der Waals surface area contributed by atoms with Gasteiger partial charge in [0, 0.05) is 10.1 Å². The lowest BCUT2D eigenvalue weighted by Crippen LogP contribution is -2.12. The van der Waals surface area contributed by atoms with Crippen molar-refractivity contribution in [2.45, 2.75) is 20.4 Å². The van der Waals surface area contributed by atoms with E-state index in [1.165, 1.54) is 11.3 Å². The van der Waals surface area contributed by atoms with E-state index >= 15 is 0 Å². The molecule has 1 N–H and O–H groups in total. The molecule has 0 unspecified atom stereocenters. The Bertz CT molecular complexity index is 1210. The lowest BCUT2D eigenvalue weighted by Gasteiger charge is -2.08. The van der Waals surface area contributed by atoms with Gasteiger partial charge >= 0.3 is 0 Å². The van der Waals surface area contributed by atoms with Gasteiger partial charge in [-0.1, -0.05) is 41.9 Å². The van der Waals surface area contributed by atoms with Gasteiger partial charge < -0.3 is 10.1 Å². The molecule has 0 saturated heterocycles. The van der Waals surface area contributed by atoms with Crippen molar-refractivity contribution in [3.63, 3.8) is 0 Å². The summed E-state index contributed by atoms with van der Waals surface area (Å²) < 4.78 is 8.16. The highest BCUT2D eigenvalue weighted by Gasteiger charge is 2.20. The Labute approximate surface area is 177 Å². The molecule has 0 bridgehead atoms. The molecule has 4 aromatic rings. The first-order valence-electron chi connectivity index (χ1n) is 9.13. The minimum absolute atomic E-state index is 0.219. The predicted octanol–water partition coefficient (Wildman–Crippen LogP) is 5.68. The van der Waals surface area contributed by atoms with Crippen molar-refractivity contribution in [2.24, 2.45) is 0 Å². The highest BCUT2D eigenvalue weighted by Crippen LogP contribution is 2.36. The number of hydrogen-bond acceptors (Lipinski definition) is 4. The highest BCUT2D eigenvalue weighted by atomic mass is 35.5. The molecule has 2 aromatic heterocycles. The van der Waals surface area contributed by atoms with E-state index in [1.807, 2.05) is 67.1 Å². The van der Waals surface area contributed by atoms with E-state index in [4.69, 9.17) is 16.3 Å². The fourth-order valence-corrected chi connectivity index (χ4v) is 4.72.